The van der Waals surface area contributed by atoms with Gasteiger partial charge in [0.15, 0.2) is 0 Å². The molecule has 0 unspecified atom stereocenters. The normalized spacial score (nSPS) is 17.8. The summed E-state index contributed by atoms with van der Waals surface area (Å²) in [5.41, 5.74) is -1.45. The molecule has 0 N–H and O–H groups in total. The number of hydrogen-bond donors (Lipinski definition) is 0. The Balaban J connectivity index is 2.66. The van der Waals surface area contributed by atoms with Crippen LogP contribution in [0.1, 0.15) is 54.4 Å². The van der Waals surface area contributed by atoms with Crippen molar-refractivity contribution in [1.82, 2.24) is 0 Å². The average Bonchev–Trinajstić information content (AvgIpc) is 3.19. The third-order valence-corrected chi connectivity index (χ3v) is 11.8. The van der Waals surface area contributed by atoms with Crippen LogP contribution in [0.4, 0.5) is 0 Å². The molecule has 0 saturated heterocycles. The predicted octanol–water partition coefficient (Wildman–Crippen LogP) is 4.80. The fourth-order valence-corrected chi connectivity index (χ4v) is 9.55. The van der Waals surface area contributed by atoms with Gasteiger partial charge in [0.1, 0.15) is 0 Å². The van der Waals surface area contributed by atoms with Crippen molar-refractivity contribution in [2.75, 3.05) is 0 Å². The van der Waals surface area contributed by atoms with Crippen LogP contribution < -0.4 is 0 Å². The van der Waals surface area contributed by atoms with Crippen LogP contribution in [0.25, 0.3) is 0 Å². The standard InChI is InChI=1S/2C5H10O2.2C5H5.CH2.Ti/c2*1-5(2,3)4(6)7;2*1-2-4-5-3-1;;/h2*1-3H3,(H,6,7);2*1-3H,4H2;1H2;/q;;;;;+2/p-2. The SMILES string of the molecule is [CH2]=[Ti]([O]C(=O)C(C)(C)C)([O]C(=O)C(C)(C)C)([C]1=CC=CC1)[C]1=CC=CC1. The monoisotopic (exact) mass is 394 g/mol. The van der Waals surface area contributed by atoms with Crippen molar-refractivity contribution in [2.24, 2.45) is 10.8 Å². The van der Waals surface area contributed by atoms with Gasteiger partial charge in [0, 0.05) is 0 Å². The molecule has 0 aromatic heterocycles. The second kappa shape index (κ2) is 6.58. The summed E-state index contributed by atoms with van der Waals surface area (Å²) >= 11 is -5.03. The summed E-state index contributed by atoms with van der Waals surface area (Å²) < 4.78 is 14.1. The Morgan fingerprint density at radius 1 is 0.846 bits per heavy atom. The Labute approximate surface area is 158 Å². The van der Waals surface area contributed by atoms with Gasteiger partial charge < -0.3 is 0 Å². The van der Waals surface area contributed by atoms with Crippen LogP contribution in [0.3, 0.4) is 0 Å². The van der Waals surface area contributed by atoms with Crippen LogP contribution >= 0.6 is 0 Å². The third-order valence-electron chi connectivity index (χ3n) is 4.68. The van der Waals surface area contributed by atoms with Crippen molar-refractivity contribution in [1.29, 1.82) is 0 Å². The summed E-state index contributed by atoms with van der Waals surface area (Å²) in [4.78, 5) is 30.3. The molecule has 0 bridgehead atoms. The van der Waals surface area contributed by atoms with Gasteiger partial charge in [0.05, 0.1) is 0 Å². The van der Waals surface area contributed by atoms with Gasteiger partial charge in [0.2, 0.25) is 0 Å². The van der Waals surface area contributed by atoms with Crippen molar-refractivity contribution in [3.05, 3.63) is 44.2 Å². The van der Waals surface area contributed by atoms with E-state index in [0.717, 1.165) is 7.76 Å². The van der Waals surface area contributed by atoms with Crippen molar-refractivity contribution in [3.8, 4) is 0 Å². The molecule has 0 spiro atoms. The Hall–Kier alpha value is -1.52. The molecule has 0 aromatic carbocycles. The molecule has 4 nitrogen and oxygen atoms in total. The first-order valence-electron chi connectivity index (χ1n) is 9.01. The van der Waals surface area contributed by atoms with Gasteiger partial charge in [-0.05, 0) is 0 Å². The molecule has 0 saturated carbocycles. The summed E-state index contributed by atoms with van der Waals surface area (Å²) in [5.74, 6) is -0.793. The number of hydrogen-bond acceptors (Lipinski definition) is 4. The van der Waals surface area contributed by atoms with E-state index in [-0.39, 0.29) is 0 Å². The second-order valence-corrected chi connectivity index (χ2v) is 15.8. The van der Waals surface area contributed by atoms with Crippen LogP contribution in [0.5, 0.6) is 0 Å². The minimum atomic E-state index is -5.03. The molecule has 5 heteroatoms. The minimum absolute atomic E-state index is 0.396. The van der Waals surface area contributed by atoms with E-state index in [1.165, 1.54) is 0 Å². The van der Waals surface area contributed by atoms with E-state index < -0.39 is 38.4 Å². The summed E-state index contributed by atoms with van der Waals surface area (Å²) in [5, 5.41) is 0. The van der Waals surface area contributed by atoms with E-state index >= 15 is 0 Å². The fourth-order valence-electron chi connectivity index (χ4n) is 2.83. The molecule has 26 heavy (non-hydrogen) atoms. The van der Waals surface area contributed by atoms with Crippen molar-refractivity contribution >= 4 is 16.8 Å². The maximum absolute atomic E-state index is 12.9. The molecule has 0 aliphatic heterocycles. The van der Waals surface area contributed by atoms with Crippen LogP contribution in [-0.2, 0) is 31.8 Å². The first-order chi connectivity index (χ1) is 11.8. The van der Waals surface area contributed by atoms with E-state index in [2.05, 4.69) is 4.82 Å². The fraction of sp³-hybridized carbons (Fsp3) is 0.476. The van der Waals surface area contributed by atoms with E-state index in [9.17, 15) is 9.59 Å². The molecule has 0 aromatic rings. The van der Waals surface area contributed by atoms with E-state index in [0.29, 0.717) is 12.8 Å². The molecule has 0 fully saturated rings. The van der Waals surface area contributed by atoms with Crippen molar-refractivity contribution in [3.63, 3.8) is 0 Å². The predicted molar refractivity (Wildman–Crippen MR) is 102 cm³/mol. The summed E-state index contributed by atoms with van der Waals surface area (Å²) in [6.07, 6.45) is 12.7. The zero-order chi connectivity index (χ0) is 19.8. The van der Waals surface area contributed by atoms with E-state index in [1.807, 2.05) is 36.5 Å². The maximum atomic E-state index is 12.9. The molecule has 2 aliphatic rings. The second-order valence-electron chi connectivity index (χ2n) is 9.19. The number of carbonyl (C=O) groups excluding carboxylic acids is 2. The summed E-state index contributed by atoms with van der Waals surface area (Å²) in [7, 11) is 0. The van der Waals surface area contributed by atoms with Gasteiger partial charge in [-0.2, -0.15) is 0 Å². The van der Waals surface area contributed by atoms with Crippen molar-refractivity contribution in [2.45, 2.75) is 54.4 Å². The summed E-state index contributed by atoms with van der Waals surface area (Å²) in [6.45, 7) is 10.8. The number of rotatable bonds is 4. The molecule has 0 atom stereocenters. The van der Waals surface area contributed by atoms with Gasteiger partial charge in [-0.15, -0.1) is 0 Å². The first kappa shape index (κ1) is 20.8. The molecule has 2 aliphatic carbocycles. The zero-order valence-corrected chi connectivity index (χ0v) is 18.3. The molecule has 142 valence electrons. The summed E-state index contributed by atoms with van der Waals surface area (Å²) in [6, 6.07) is 0. The Morgan fingerprint density at radius 2 is 1.19 bits per heavy atom. The Morgan fingerprint density at radius 3 is 1.42 bits per heavy atom. The van der Waals surface area contributed by atoms with Crippen molar-refractivity contribution < 1.29 is 31.8 Å². The molecule has 0 amide bonds. The van der Waals surface area contributed by atoms with Gasteiger partial charge in [0.25, 0.3) is 0 Å². The van der Waals surface area contributed by atoms with Gasteiger partial charge in [-0.3, -0.25) is 0 Å². The molecular formula is C21H30O4Ti. The van der Waals surface area contributed by atoms with Crippen LogP contribution in [0, 0.1) is 10.8 Å². The topological polar surface area (TPSA) is 52.6 Å². The van der Waals surface area contributed by atoms with Crippen LogP contribution in [-0.4, -0.2) is 16.8 Å². The number of allylic oxidation sites excluding steroid dienone is 8. The zero-order valence-electron chi connectivity index (χ0n) is 16.7. The van der Waals surface area contributed by atoms with E-state index in [4.69, 9.17) is 6.64 Å². The Bertz CT molecular complexity index is 740. The quantitative estimate of drug-likeness (QED) is 0.643. The van der Waals surface area contributed by atoms with E-state index in [1.54, 1.807) is 41.5 Å². The Kier molecular flexibility index (Phi) is 5.26. The third kappa shape index (κ3) is 3.77. The molecule has 0 radical (unpaired) electrons. The molecule has 0 heterocycles. The number of carbonyl (C=O) groups is 2. The van der Waals surface area contributed by atoms with Gasteiger partial charge >= 0.3 is 158 Å². The van der Waals surface area contributed by atoms with Gasteiger partial charge in [-0.25, -0.2) is 0 Å². The van der Waals surface area contributed by atoms with Crippen LogP contribution in [0.15, 0.2) is 44.2 Å². The van der Waals surface area contributed by atoms with Gasteiger partial charge in [-0.1, -0.05) is 0 Å². The average molecular weight is 394 g/mol. The molecular weight excluding hydrogens is 364 g/mol. The first-order valence-corrected chi connectivity index (χ1v) is 13.0. The molecule has 2 rings (SSSR count). The van der Waals surface area contributed by atoms with Crippen LogP contribution in [0.2, 0.25) is 0 Å².